The first-order valence-corrected chi connectivity index (χ1v) is 13.6. The normalized spacial score (nSPS) is 15.2. The average Bonchev–Trinajstić information content (AvgIpc) is 2.91. The first kappa shape index (κ1) is 23.5. The number of nitrogens with zero attached hydrogens (tertiary/aromatic N) is 1. The molecule has 1 aliphatic rings. The molecule has 4 nitrogen and oxygen atoms in total. The summed E-state index contributed by atoms with van der Waals surface area (Å²) in [5, 5.41) is 0. The molecule has 0 radical (unpaired) electrons. The quantitative estimate of drug-likeness (QED) is 0.353. The topological polar surface area (TPSA) is 49.4 Å². The Labute approximate surface area is 208 Å². The molecule has 35 heavy (non-hydrogen) atoms. The van der Waals surface area contributed by atoms with Crippen molar-refractivity contribution in [3.63, 3.8) is 0 Å². The number of piperidine rings is 1. The fourth-order valence-electron chi connectivity index (χ4n) is 4.75. The van der Waals surface area contributed by atoms with Gasteiger partial charge in [-0.1, -0.05) is 97.1 Å². The number of rotatable bonds is 7. The van der Waals surface area contributed by atoms with Crippen LogP contribution in [-0.2, 0) is 16.6 Å². The molecule has 5 rings (SSSR count). The van der Waals surface area contributed by atoms with Gasteiger partial charge in [0.2, 0.25) is 10.0 Å². The molecule has 0 bridgehead atoms. The molecule has 0 aliphatic carbocycles. The van der Waals surface area contributed by atoms with Gasteiger partial charge in [0.05, 0.1) is 4.90 Å². The van der Waals surface area contributed by atoms with Gasteiger partial charge in [-0.25, -0.2) is 13.1 Å². The summed E-state index contributed by atoms with van der Waals surface area (Å²) in [4.78, 5) is 2.72. The van der Waals surface area contributed by atoms with Crippen LogP contribution in [0.4, 0.5) is 0 Å². The van der Waals surface area contributed by atoms with Gasteiger partial charge < -0.3 is 0 Å². The highest BCUT2D eigenvalue weighted by molar-refractivity contribution is 7.89. The largest absolute Gasteiger partial charge is 0.299 e. The van der Waals surface area contributed by atoms with Gasteiger partial charge in [-0.05, 0) is 47.2 Å². The zero-order valence-corrected chi connectivity index (χ0v) is 20.5. The van der Waals surface area contributed by atoms with E-state index in [1.54, 1.807) is 6.07 Å². The number of nitrogens with one attached hydrogen (secondary N) is 1. The fourth-order valence-corrected chi connectivity index (χ4v) is 6.27. The predicted molar refractivity (Wildman–Crippen MR) is 142 cm³/mol. The Hall–Kier alpha value is -3.25. The highest BCUT2D eigenvalue weighted by atomic mass is 32.2. The lowest BCUT2D eigenvalue weighted by molar-refractivity contribution is 0.200. The molecular formula is C30H30N2O2S. The summed E-state index contributed by atoms with van der Waals surface area (Å²) in [6.07, 6.45) is 1.60. The SMILES string of the molecule is O=S(=O)(NC1CCN(Cc2ccccc2)CC1)c1ccc(-c2ccccc2)cc1-c1ccccc1. The standard InChI is InChI=1S/C30H30N2O2S/c33-35(34,31-28-18-20-32(21-19-28)23-24-10-4-1-5-11-24)30-17-16-27(25-12-6-2-7-13-25)22-29(30)26-14-8-3-9-15-26/h1-17,22,28,31H,18-21,23H2. The van der Waals surface area contributed by atoms with Crippen molar-refractivity contribution in [2.24, 2.45) is 0 Å². The first-order valence-electron chi connectivity index (χ1n) is 12.1. The van der Waals surface area contributed by atoms with E-state index in [2.05, 4.69) is 33.9 Å². The predicted octanol–water partition coefficient (Wildman–Crippen LogP) is 5.96. The zero-order chi connectivity index (χ0) is 24.1. The fraction of sp³-hybridized carbons (Fsp3) is 0.200. The third kappa shape index (κ3) is 5.70. The van der Waals surface area contributed by atoms with Gasteiger partial charge in [-0.2, -0.15) is 0 Å². The van der Waals surface area contributed by atoms with Crippen LogP contribution in [0.2, 0.25) is 0 Å². The maximum Gasteiger partial charge on any atom is 0.241 e. The van der Waals surface area contributed by atoms with Gasteiger partial charge >= 0.3 is 0 Å². The minimum Gasteiger partial charge on any atom is -0.299 e. The van der Waals surface area contributed by atoms with Crippen LogP contribution in [0.1, 0.15) is 18.4 Å². The number of hydrogen-bond acceptors (Lipinski definition) is 3. The van der Waals surface area contributed by atoms with Crippen molar-refractivity contribution in [2.75, 3.05) is 13.1 Å². The van der Waals surface area contributed by atoms with E-state index in [9.17, 15) is 8.42 Å². The van der Waals surface area contributed by atoms with E-state index in [1.807, 2.05) is 78.9 Å². The Kier molecular flexibility index (Phi) is 7.09. The van der Waals surface area contributed by atoms with E-state index < -0.39 is 10.0 Å². The summed E-state index contributed by atoms with van der Waals surface area (Å²) in [5.41, 5.74) is 4.96. The van der Waals surface area contributed by atoms with E-state index in [0.717, 1.165) is 54.7 Å². The second kappa shape index (κ2) is 10.6. The second-order valence-electron chi connectivity index (χ2n) is 9.10. The Bertz CT molecular complexity index is 1350. The zero-order valence-electron chi connectivity index (χ0n) is 19.7. The molecule has 1 heterocycles. The number of hydrogen-bond donors (Lipinski definition) is 1. The molecule has 1 saturated heterocycles. The third-order valence-corrected chi connectivity index (χ3v) is 8.20. The molecule has 178 valence electrons. The van der Waals surface area contributed by atoms with E-state index in [1.165, 1.54) is 5.56 Å². The van der Waals surface area contributed by atoms with Crippen molar-refractivity contribution < 1.29 is 8.42 Å². The van der Waals surface area contributed by atoms with Crippen molar-refractivity contribution in [1.29, 1.82) is 0 Å². The Balaban J connectivity index is 1.36. The van der Waals surface area contributed by atoms with E-state index >= 15 is 0 Å². The molecule has 0 saturated carbocycles. The molecule has 1 N–H and O–H groups in total. The number of sulfonamides is 1. The lowest BCUT2D eigenvalue weighted by Crippen LogP contribution is -2.44. The van der Waals surface area contributed by atoms with E-state index in [4.69, 9.17) is 0 Å². The van der Waals surface area contributed by atoms with Crippen LogP contribution >= 0.6 is 0 Å². The molecule has 0 unspecified atom stereocenters. The maximum atomic E-state index is 13.6. The van der Waals surface area contributed by atoms with Crippen molar-refractivity contribution in [1.82, 2.24) is 9.62 Å². The van der Waals surface area contributed by atoms with Crippen molar-refractivity contribution in [2.45, 2.75) is 30.3 Å². The van der Waals surface area contributed by atoms with E-state index in [0.29, 0.717) is 4.90 Å². The van der Waals surface area contributed by atoms with Crippen LogP contribution in [0, 0.1) is 0 Å². The minimum absolute atomic E-state index is 0.0653. The average molecular weight is 483 g/mol. The summed E-state index contributed by atoms with van der Waals surface area (Å²) in [6.45, 7) is 2.65. The third-order valence-electron chi connectivity index (χ3n) is 6.62. The summed E-state index contributed by atoms with van der Waals surface area (Å²) >= 11 is 0. The number of benzene rings is 4. The molecular weight excluding hydrogens is 452 g/mol. The molecule has 4 aromatic carbocycles. The van der Waals surface area contributed by atoms with E-state index in [-0.39, 0.29) is 6.04 Å². The second-order valence-corrected chi connectivity index (χ2v) is 10.8. The monoisotopic (exact) mass is 482 g/mol. The van der Waals surface area contributed by atoms with Crippen LogP contribution in [0.5, 0.6) is 0 Å². The highest BCUT2D eigenvalue weighted by Gasteiger charge is 2.27. The summed E-state index contributed by atoms with van der Waals surface area (Å²) < 4.78 is 30.2. The van der Waals surface area contributed by atoms with Crippen molar-refractivity contribution >= 4 is 10.0 Å². The van der Waals surface area contributed by atoms with Gasteiger partial charge in [0.25, 0.3) is 0 Å². The van der Waals surface area contributed by atoms with Gasteiger partial charge in [-0.15, -0.1) is 0 Å². The molecule has 0 spiro atoms. The van der Waals surface area contributed by atoms with Gasteiger partial charge in [0.15, 0.2) is 0 Å². The number of likely N-dealkylation sites (tertiary alicyclic amines) is 1. The molecule has 1 fully saturated rings. The lowest BCUT2D eigenvalue weighted by Gasteiger charge is -2.32. The van der Waals surface area contributed by atoms with Gasteiger partial charge in [-0.3, -0.25) is 4.90 Å². The summed E-state index contributed by atoms with van der Waals surface area (Å²) in [5.74, 6) is 0. The summed E-state index contributed by atoms with van der Waals surface area (Å²) in [6, 6.07) is 35.8. The molecule has 5 heteroatoms. The summed E-state index contributed by atoms with van der Waals surface area (Å²) in [7, 11) is -3.68. The maximum absolute atomic E-state index is 13.6. The highest BCUT2D eigenvalue weighted by Crippen LogP contribution is 2.32. The van der Waals surface area contributed by atoms with Crippen LogP contribution in [0.15, 0.2) is 114 Å². The molecule has 0 aromatic heterocycles. The van der Waals surface area contributed by atoms with Crippen LogP contribution < -0.4 is 4.72 Å². The molecule has 0 atom stereocenters. The van der Waals surface area contributed by atoms with Crippen molar-refractivity contribution in [3.8, 4) is 22.3 Å². The smallest absolute Gasteiger partial charge is 0.241 e. The first-order chi connectivity index (χ1) is 17.1. The Morgan fingerprint density at radius 3 is 1.89 bits per heavy atom. The molecule has 1 aliphatic heterocycles. The minimum atomic E-state index is -3.68. The van der Waals surface area contributed by atoms with Gasteiger partial charge in [0, 0.05) is 31.2 Å². The lowest BCUT2D eigenvalue weighted by atomic mass is 9.99. The van der Waals surface area contributed by atoms with Crippen molar-refractivity contribution in [3.05, 3.63) is 115 Å². The van der Waals surface area contributed by atoms with Crippen LogP contribution in [0.3, 0.4) is 0 Å². The Morgan fingerprint density at radius 1 is 0.686 bits per heavy atom. The van der Waals surface area contributed by atoms with Crippen LogP contribution in [-0.4, -0.2) is 32.4 Å². The van der Waals surface area contributed by atoms with Crippen LogP contribution in [0.25, 0.3) is 22.3 Å². The van der Waals surface area contributed by atoms with Gasteiger partial charge in [0.1, 0.15) is 0 Å². The molecule has 0 amide bonds. The molecule has 4 aromatic rings. The Morgan fingerprint density at radius 2 is 1.26 bits per heavy atom.